The van der Waals surface area contributed by atoms with Crippen molar-refractivity contribution in [2.45, 2.75) is 51.4 Å². The Kier molecular flexibility index (Phi) is 9.92. The van der Waals surface area contributed by atoms with Crippen molar-refractivity contribution in [3.8, 4) is 11.5 Å². The molecule has 1 rings (SSSR count). The maximum atomic E-state index is 11.9. The number of rotatable bonds is 13. The molecule has 0 spiro atoms. The summed E-state index contributed by atoms with van der Waals surface area (Å²) in [5.41, 5.74) is 6.51. The van der Waals surface area contributed by atoms with Crippen LogP contribution >= 0.6 is 0 Å². The van der Waals surface area contributed by atoms with Crippen LogP contribution in [0.2, 0.25) is 0 Å². The van der Waals surface area contributed by atoms with E-state index in [0.717, 1.165) is 31.2 Å². The summed E-state index contributed by atoms with van der Waals surface area (Å²) in [6.45, 7) is 3.34. The first-order valence-corrected chi connectivity index (χ1v) is 8.73. The van der Waals surface area contributed by atoms with Crippen molar-refractivity contribution in [1.29, 1.82) is 0 Å². The highest BCUT2D eigenvalue weighted by atomic mass is 16.5. The van der Waals surface area contributed by atoms with Crippen molar-refractivity contribution >= 4 is 5.91 Å². The zero-order chi connectivity index (χ0) is 17.8. The second-order valence-electron chi connectivity index (χ2n) is 5.91. The number of carbonyl (C=O) groups is 1. The fourth-order valence-electron chi connectivity index (χ4n) is 2.66. The van der Waals surface area contributed by atoms with Gasteiger partial charge in [0.25, 0.3) is 0 Å². The summed E-state index contributed by atoms with van der Waals surface area (Å²) in [6, 6.07) is 5.61. The topological polar surface area (TPSA) is 70.8 Å². The standard InChI is InChI=1S/C19H31NO4/c1-4-5-6-7-9-16(19(20)21)15-10-11-17(23-3)18(14-15)24-13-8-12-22-2/h10-11,14,16H,4-9,12-13H2,1-3H3,(H2,20,21). The van der Waals surface area contributed by atoms with Gasteiger partial charge in [-0.05, 0) is 24.1 Å². The van der Waals surface area contributed by atoms with E-state index in [1.807, 2.05) is 18.2 Å². The van der Waals surface area contributed by atoms with Crippen molar-refractivity contribution in [3.63, 3.8) is 0 Å². The molecule has 136 valence electrons. The van der Waals surface area contributed by atoms with Crippen LogP contribution in [0.4, 0.5) is 0 Å². The van der Waals surface area contributed by atoms with Crippen molar-refractivity contribution in [3.05, 3.63) is 23.8 Å². The Hall–Kier alpha value is -1.75. The van der Waals surface area contributed by atoms with Crippen LogP contribution in [0.1, 0.15) is 56.9 Å². The van der Waals surface area contributed by atoms with E-state index < -0.39 is 0 Å². The molecule has 0 saturated heterocycles. The van der Waals surface area contributed by atoms with Gasteiger partial charge in [0.2, 0.25) is 5.91 Å². The van der Waals surface area contributed by atoms with Crippen LogP contribution in [-0.2, 0) is 9.53 Å². The SMILES string of the molecule is CCCCCCC(C(N)=O)c1ccc(OC)c(OCCCOC)c1. The van der Waals surface area contributed by atoms with E-state index in [9.17, 15) is 4.79 Å². The highest BCUT2D eigenvalue weighted by Crippen LogP contribution is 2.33. The number of benzene rings is 1. The summed E-state index contributed by atoms with van der Waals surface area (Å²) in [4.78, 5) is 11.9. The molecule has 0 saturated carbocycles. The van der Waals surface area contributed by atoms with Gasteiger partial charge >= 0.3 is 0 Å². The summed E-state index contributed by atoms with van der Waals surface area (Å²) >= 11 is 0. The van der Waals surface area contributed by atoms with E-state index >= 15 is 0 Å². The fraction of sp³-hybridized carbons (Fsp3) is 0.632. The number of amides is 1. The molecule has 0 aliphatic rings. The molecule has 5 nitrogen and oxygen atoms in total. The minimum absolute atomic E-state index is 0.283. The van der Waals surface area contributed by atoms with Crippen molar-refractivity contribution in [2.75, 3.05) is 27.4 Å². The number of hydrogen-bond acceptors (Lipinski definition) is 4. The molecule has 2 N–H and O–H groups in total. The summed E-state index contributed by atoms with van der Waals surface area (Å²) < 4.78 is 16.1. The number of unbranched alkanes of at least 4 members (excludes halogenated alkanes) is 3. The quantitative estimate of drug-likeness (QED) is 0.558. The molecular formula is C19H31NO4. The Balaban J connectivity index is 2.80. The van der Waals surface area contributed by atoms with E-state index in [4.69, 9.17) is 19.9 Å². The molecule has 0 aliphatic carbocycles. The fourth-order valence-corrected chi connectivity index (χ4v) is 2.66. The molecule has 24 heavy (non-hydrogen) atoms. The minimum atomic E-state index is -0.290. The maximum Gasteiger partial charge on any atom is 0.224 e. The van der Waals surface area contributed by atoms with Gasteiger partial charge in [0.15, 0.2) is 11.5 Å². The van der Waals surface area contributed by atoms with Gasteiger partial charge in [-0.25, -0.2) is 0 Å². The summed E-state index contributed by atoms with van der Waals surface area (Å²) in [7, 11) is 3.27. The predicted octanol–water partition coefficient (Wildman–Crippen LogP) is 3.65. The third-order valence-electron chi connectivity index (χ3n) is 4.03. The molecule has 0 aliphatic heterocycles. The van der Waals surface area contributed by atoms with Crippen molar-refractivity contribution < 1.29 is 19.0 Å². The number of methoxy groups -OCH3 is 2. The molecule has 0 radical (unpaired) electrons. The maximum absolute atomic E-state index is 11.9. The van der Waals surface area contributed by atoms with Gasteiger partial charge in [0.05, 0.1) is 19.6 Å². The Labute approximate surface area is 145 Å². The molecular weight excluding hydrogens is 306 g/mol. The molecule has 1 atom stereocenters. The largest absolute Gasteiger partial charge is 0.493 e. The van der Waals surface area contributed by atoms with Crippen LogP contribution < -0.4 is 15.2 Å². The molecule has 0 bridgehead atoms. The first kappa shape index (κ1) is 20.3. The highest BCUT2D eigenvalue weighted by molar-refractivity contribution is 5.82. The Morgan fingerprint density at radius 2 is 1.88 bits per heavy atom. The molecule has 1 unspecified atom stereocenters. The molecule has 0 fully saturated rings. The van der Waals surface area contributed by atoms with Gasteiger partial charge in [-0.15, -0.1) is 0 Å². The monoisotopic (exact) mass is 337 g/mol. The van der Waals surface area contributed by atoms with Crippen LogP contribution in [0.3, 0.4) is 0 Å². The molecule has 5 heteroatoms. The average molecular weight is 337 g/mol. The Bertz CT molecular complexity index is 490. The summed E-state index contributed by atoms with van der Waals surface area (Å²) in [5, 5.41) is 0. The Morgan fingerprint density at radius 3 is 2.50 bits per heavy atom. The first-order valence-electron chi connectivity index (χ1n) is 8.73. The first-order chi connectivity index (χ1) is 11.6. The smallest absolute Gasteiger partial charge is 0.224 e. The van der Waals surface area contributed by atoms with E-state index in [2.05, 4.69) is 6.92 Å². The van der Waals surface area contributed by atoms with Crippen LogP contribution in [0, 0.1) is 0 Å². The van der Waals surface area contributed by atoms with Gasteiger partial charge in [-0.3, -0.25) is 4.79 Å². The van der Waals surface area contributed by atoms with Crippen molar-refractivity contribution in [1.82, 2.24) is 0 Å². The normalized spacial score (nSPS) is 12.0. The Morgan fingerprint density at radius 1 is 1.08 bits per heavy atom. The number of hydrogen-bond donors (Lipinski definition) is 1. The van der Waals surface area contributed by atoms with Gasteiger partial charge in [-0.1, -0.05) is 38.7 Å². The number of ether oxygens (including phenoxy) is 3. The average Bonchev–Trinajstić information content (AvgIpc) is 2.58. The lowest BCUT2D eigenvalue weighted by Gasteiger charge is -2.17. The molecule has 0 heterocycles. The molecule has 1 aromatic carbocycles. The van der Waals surface area contributed by atoms with Crippen LogP contribution in [-0.4, -0.2) is 33.3 Å². The molecule has 0 aromatic heterocycles. The van der Waals surface area contributed by atoms with E-state index in [-0.39, 0.29) is 11.8 Å². The van der Waals surface area contributed by atoms with Gasteiger partial charge in [-0.2, -0.15) is 0 Å². The summed E-state index contributed by atoms with van der Waals surface area (Å²) in [6.07, 6.45) is 6.03. The lowest BCUT2D eigenvalue weighted by Crippen LogP contribution is -2.21. The van der Waals surface area contributed by atoms with E-state index in [1.165, 1.54) is 12.8 Å². The van der Waals surface area contributed by atoms with Crippen LogP contribution in [0.5, 0.6) is 11.5 Å². The lowest BCUT2D eigenvalue weighted by atomic mass is 9.92. The second-order valence-corrected chi connectivity index (χ2v) is 5.91. The molecule has 1 amide bonds. The zero-order valence-electron chi connectivity index (χ0n) is 15.2. The zero-order valence-corrected chi connectivity index (χ0v) is 15.2. The van der Waals surface area contributed by atoms with E-state index in [0.29, 0.717) is 24.7 Å². The van der Waals surface area contributed by atoms with E-state index in [1.54, 1.807) is 14.2 Å². The minimum Gasteiger partial charge on any atom is -0.493 e. The second kappa shape index (κ2) is 11.7. The predicted molar refractivity (Wildman–Crippen MR) is 95.7 cm³/mol. The number of primary amides is 1. The lowest BCUT2D eigenvalue weighted by molar-refractivity contribution is -0.119. The molecule has 1 aromatic rings. The number of nitrogens with two attached hydrogens (primary N) is 1. The van der Waals surface area contributed by atoms with Gasteiger partial charge in [0, 0.05) is 20.1 Å². The summed E-state index contributed by atoms with van der Waals surface area (Å²) in [5.74, 6) is 0.729. The van der Waals surface area contributed by atoms with Gasteiger partial charge in [0.1, 0.15) is 0 Å². The van der Waals surface area contributed by atoms with Gasteiger partial charge < -0.3 is 19.9 Å². The third-order valence-corrected chi connectivity index (χ3v) is 4.03. The third kappa shape index (κ3) is 6.79. The van der Waals surface area contributed by atoms with Crippen LogP contribution in [0.25, 0.3) is 0 Å². The van der Waals surface area contributed by atoms with Crippen molar-refractivity contribution in [2.24, 2.45) is 5.73 Å². The van der Waals surface area contributed by atoms with Crippen LogP contribution in [0.15, 0.2) is 18.2 Å². The number of carbonyl (C=O) groups excluding carboxylic acids is 1. The highest BCUT2D eigenvalue weighted by Gasteiger charge is 2.19.